The Hall–Kier alpha value is -2.89. The molecule has 0 fully saturated rings. The number of nitro benzene ring substituents is 1. The van der Waals surface area contributed by atoms with Crippen LogP contribution in [-0.2, 0) is 6.61 Å². The molecule has 0 saturated heterocycles. The van der Waals surface area contributed by atoms with E-state index < -0.39 is 22.1 Å². The van der Waals surface area contributed by atoms with Crippen LogP contribution in [0.2, 0.25) is 0 Å². The number of ketones is 1. The molecule has 0 atom stereocenters. The van der Waals surface area contributed by atoms with Crippen molar-refractivity contribution in [3.63, 3.8) is 0 Å². The van der Waals surface area contributed by atoms with Crippen molar-refractivity contribution in [3.8, 4) is 11.5 Å². The maximum Gasteiger partial charge on any atom is 0.325 e. The third-order valence-electron chi connectivity index (χ3n) is 2.91. The highest BCUT2D eigenvalue weighted by Gasteiger charge is 2.26. The average molecular weight is 287 g/mol. The Kier molecular flexibility index (Phi) is 4.18. The summed E-state index contributed by atoms with van der Waals surface area (Å²) in [6.07, 6.45) is 0. The van der Waals surface area contributed by atoms with Crippen LogP contribution in [0.3, 0.4) is 0 Å². The van der Waals surface area contributed by atoms with Gasteiger partial charge in [-0.15, -0.1) is 0 Å². The van der Waals surface area contributed by atoms with Gasteiger partial charge in [0.25, 0.3) is 0 Å². The summed E-state index contributed by atoms with van der Waals surface area (Å²) in [4.78, 5) is 21.6. The standard InChI is InChI=1S/C15H13NO5/c1-10(17)12-7-8-13(15(18)14(12)16(19)20)21-9-11-5-3-2-4-6-11/h2-8,18H,9H2,1H3. The van der Waals surface area contributed by atoms with Gasteiger partial charge < -0.3 is 9.84 Å². The molecule has 2 rings (SSSR count). The minimum Gasteiger partial charge on any atom is -0.499 e. The summed E-state index contributed by atoms with van der Waals surface area (Å²) in [5.41, 5.74) is 0.0767. The molecule has 0 saturated carbocycles. The summed E-state index contributed by atoms with van der Waals surface area (Å²) >= 11 is 0. The lowest BCUT2D eigenvalue weighted by molar-refractivity contribution is -0.386. The zero-order valence-electron chi connectivity index (χ0n) is 11.3. The molecule has 2 aromatic carbocycles. The van der Waals surface area contributed by atoms with Gasteiger partial charge in [0.1, 0.15) is 6.61 Å². The van der Waals surface area contributed by atoms with Crippen molar-refractivity contribution in [1.29, 1.82) is 0 Å². The van der Waals surface area contributed by atoms with E-state index in [-0.39, 0.29) is 17.9 Å². The van der Waals surface area contributed by atoms with Gasteiger partial charge in [0.2, 0.25) is 5.75 Å². The SMILES string of the molecule is CC(=O)c1ccc(OCc2ccccc2)c(O)c1[N+](=O)[O-]. The van der Waals surface area contributed by atoms with Crippen LogP contribution in [0.15, 0.2) is 42.5 Å². The summed E-state index contributed by atoms with van der Waals surface area (Å²) in [6.45, 7) is 1.36. The van der Waals surface area contributed by atoms with E-state index in [1.807, 2.05) is 30.3 Å². The van der Waals surface area contributed by atoms with Gasteiger partial charge in [-0.25, -0.2) is 0 Å². The first kappa shape index (κ1) is 14.5. The molecule has 1 N–H and O–H groups in total. The number of hydrogen-bond acceptors (Lipinski definition) is 5. The molecule has 108 valence electrons. The molecule has 2 aromatic rings. The highest BCUT2D eigenvalue weighted by Crippen LogP contribution is 2.39. The number of benzene rings is 2. The van der Waals surface area contributed by atoms with Gasteiger partial charge in [-0.3, -0.25) is 14.9 Å². The van der Waals surface area contributed by atoms with Crippen LogP contribution in [0.25, 0.3) is 0 Å². The van der Waals surface area contributed by atoms with Gasteiger partial charge in [-0.1, -0.05) is 30.3 Å². The lowest BCUT2D eigenvalue weighted by Gasteiger charge is -2.09. The number of carbonyl (C=O) groups is 1. The number of carbonyl (C=O) groups excluding carboxylic acids is 1. The van der Waals surface area contributed by atoms with Crippen molar-refractivity contribution < 1.29 is 19.6 Å². The van der Waals surface area contributed by atoms with Gasteiger partial charge in [0.05, 0.1) is 10.5 Å². The minimum absolute atomic E-state index is 0.0319. The zero-order valence-corrected chi connectivity index (χ0v) is 11.3. The minimum atomic E-state index is -0.790. The van der Waals surface area contributed by atoms with E-state index >= 15 is 0 Å². The number of aromatic hydroxyl groups is 1. The molecule has 0 amide bonds. The Labute approximate surface area is 120 Å². The summed E-state index contributed by atoms with van der Waals surface area (Å²) in [5, 5.41) is 21.0. The monoisotopic (exact) mass is 287 g/mol. The number of phenols is 1. The Morgan fingerprint density at radius 2 is 1.90 bits per heavy atom. The first-order valence-corrected chi connectivity index (χ1v) is 6.18. The molecule has 21 heavy (non-hydrogen) atoms. The molecule has 6 heteroatoms. The molecule has 0 bridgehead atoms. The largest absolute Gasteiger partial charge is 0.499 e. The highest BCUT2D eigenvalue weighted by molar-refractivity contribution is 5.99. The molecule has 0 aliphatic rings. The second-order valence-electron chi connectivity index (χ2n) is 4.40. The number of nitrogens with zero attached hydrogens (tertiary/aromatic N) is 1. The number of rotatable bonds is 5. The normalized spacial score (nSPS) is 10.1. The van der Waals surface area contributed by atoms with E-state index in [4.69, 9.17) is 4.74 Å². The van der Waals surface area contributed by atoms with Gasteiger partial charge in [-0.05, 0) is 24.6 Å². The third-order valence-corrected chi connectivity index (χ3v) is 2.91. The number of ether oxygens (including phenoxy) is 1. The lowest BCUT2D eigenvalue weighted by atomic mass is 10.1. The van der Waals surface area contributed by atoms with Crippen molar-refractivity contribution in [3.05, 3.63) is 63.7 Å². The van der Waals surface area contributed by atoms with E-state index in [1.54, 1.807) is 0 Å². The van der Waals surface area contributed by atoms with Crippen LogP contribution < -0.4 is 4.74 Å². The second kappa shape index (κ2) is 6.04. The van der Waals surface area contributed by atoms with Crippen LogP contribution in [0, 0.1) is 10.1 Å². The van der Waals surface area contributed by atoms with Gasteiger partial charge >= 0.3 is 5.69 Å². The quantitative estimate of drug-likeness (QED) is 0.518. The molecule has 0 aliphatic carbocycles. The molecular weight excluding hydrogens is 274 g/mol. The average Bonchev–Trinajstić information content (AvgIpc) is 2.46. The summed E-state index contributed by atoms with van der Waals surface area (Å²) < 4.78 is 5.38. The van der Waals surface area contributed by atoms with Crippen molar-refractivity contribution in [1.82, 2.24) is 0 Å². The fraction of sp³-hybridized carbons (Fsp3) is 0.133. The Bertz CT molecular complexity index is 682. The van der Waals surface area contributed by atoms with Crippen molar-refractivity contribution >= 4 is 11.5 Å². The van der Waals surface area contributed by atoms with Crippen molar-refractivity contribution in [2.75, 3.05) is 0 Å². The van der Waals surface area contributed by atoms with E-state index in [9.17, 15) is 20.0 Å². The summed E-state index contributed by atoms with van der Waals surface area (Å²) in [6, 6.07) is 11.8. The predicted octanol–water partition coefficient (Wildman–Crippen LogP) is 3.08. The van der Waals surface area contributed by atoms with Gasteiger partial charge in [0.15, 0.2) is 11.5 Å². The fourth-order valence-corrected chi connectivity index (χ4v) is 1.88. The lowest BCUT2D eigenvalue weighted by Crippen LogP contribution is -2.03. The Morgan fingerprint density at radius 1 is 1.24 bits per heavy atom. The zero-order chi connectivity index (χ0) is 15.4. The topological polar surface area (TPSA) is 89.7 Å². The van der Waals surface area contributed by atoms with Crippen LogP contribution in [-0.4, -0.2) is 15.8 Å². The van der Waals surface area contributed by atoms with Gasteiger partial charge in [0, 0.05) is 0 Å². The van der Waals surface area contributed by atoms with Gasteiger partial charge in [-0.2, -0.15) is 0 Å². The molecule has 6 nitrogen and oxygen atoms in total. The van der Waals surface area contributed by atoms with Crippen molar-refractivity contribution in [2.45, 2.75) is 13.5 Å². The Balaban J connectivity index is 2.31. The third kappa shape index (κ3) is 3.17. The molecule has 0 aliphatic heterocycles. The number of phenolic OH excluding ortho intramolecular Hbond substituents is 1. The first-order chi connectivity index (χ1) is 10.0. The predicted molar refractivity (Wildman–Crippen MR) is 75.5 cm³/mol. The summed E-state index contributed by atoms with van der Waals surface area (Å²) in [5.74, 6) is -1.16. The fourth-order valence-electron chi connectivity index (χ4n) is 1.88. The molecule has 0 radical (unpaired) electrons. The number of hydrogen-bond donors (Lipinski definition) is 1. The highest BCUT2D eigenvalue weighted by atomic mass is 16.6. The smallest absolute Gasteiger partial charge is 0.325 e. The van der Waals surface area contributed by atoms with Crippen LogP contribution in [0.4, 0.5) is 5.69 Å². The second-order valence-corrected chi connectivity index (χ2v) is 4.40. The van der Waals surface area contributed by atoms with E-state index in [2.05, 4.69) is 0 Å². The van der Waals surface area contributed by atoms with Crippen LogP contribution in [0.5, 0.6) is 11.5 Å². The maximum atomic E-state index is 11.4. The van der Waals surface area contributed by atoms with E-state index in [0.717, 1.165) is 5.56 Å². The van der Waals surface area contributed by atoms with Crippen LogP contribution >= 0.6 is 0 Å². The number of Topliss-reactive ketones (excluding diaryl/α,β-unsaturated/α-hetero) is 1. The first-order valence-electron chi connectivity index (χ1n) is 6.18. The molecule has 0 unspecified atom stereocenters. The van der Waals surface area contributed by atoms with E-state index in [0.29, 0.717) is 0 Å². The molecule has 0 spiro atoms. The molecule has 0 heterocycles. The summed E-state index contributed by atoms with van der Waals surface area (Å²) in [7, 11) is 0. The molecular formula is C15H13NO5. The van der Waals surface area contributed by atoms with E-state index in [1.165, 1.54) is 19.1 Å². The number of nitro groups is 1. The molecule has 0 aromatic heterocycles. The van der Waals surface area contributed by atoms with Crippen molar-refractivity contribution in [2.24, 2.45) is 0 Å². The van der Waals surface area contributed by atoms with Crippen LogP contribution in [0.1, 0.15) is 22.8 Å². The Morgan fingerprint density at radius 3 is 2.48 bits per heavy atom. The maximum absolute atomic E-state index is 11.4.